The van der Waals surface area contributed by atoms with Crippen LogP contribution >= 0.6 is 11.6 Å². The third-order valence-corrected chi connectivity index (χ3v) is 3.30. The van der Waals surface area contributed by atoms with Gasteiger partial charge in [-0.15, -0.1) is 0 Å². The highest BCUT2D eigenvalue weighted by Gasteiger charge is 2.30. The van der Waals surface area contributed by atoms with Crippen molar-refractivity contribution in [3.05, 3.63) is 70.2 Å². The zero-order chi connectivity index (χ0) is 17.0. The fraction of sp³-hybridized carbons (Fsp3) is 0.125. The zero-order valence-electron chi connectivity index (χ0n) is 11.7. The van der Waals surface area contributed by atoms with Gasteiger partial charge in [0.1, 0.15) is 0 Å². The molecular formula is C16H11ClF3NO2. The Morgan fingerprint density at radius 1 is 0.913 bits per heavy atom. The highest BCUT2D eigenvalue weighted by molar-refractivity contribution is 6.30. The molecular weight excluding hydrogens is 331 g/mol. The van der Waals surface area contributed by atoms with Gasteiger partial charge in [0.15, 0.2) is 5.78 Å². The standard InChI is InChI=1S/C16H11ClF3NO2/c17-13-7-3-10(4-8-13)14(22)9-21-15(23)11-1-5-12(6-2-11)16(18,19)20/h1-8H,9H2,(H,21,23). The van der Waals surface area contributed by atoms with Gasteiger partial charge in [-0.1, -0.05) is 11.6 Å². The summed E-state index contributed by atoms with van der Waals surface area (Å²) in [6.45, 7) is -0.262. The Morgan fingerprint density at radius 2 is 1.43 bits per heavy atom. The maximum absolute atomic E-state index is 12.4. The van der Waals surface area contributed by atoms with Crippen LogP contribution in [0.3, 0.4) is 0 Å². The topological polar surface area (TPSA) is 46.2 Å². The summed E-state index contributed by atoms with van der Waals surface area (Å²) >= 11 is 5.71. The molecule has 120 valence electrons. The van der Waals surface area contributed by atoms with Crippen LogP contribution in [-0.4, -0.2) is 18.2 Å². The molecule has 0 aromatic heterocycles. The van der Waals surface area contributed by atoms with Crippen molar-refractivity contribution in [3.63, 3.8) is 0 Å². The average Bonchev–Trinajstić information content (AvgIpc) is 2.52. The van der Waals surface area contributed by atoms with E-state index in [4.69, 9.17) is 11.6 Å². The van der Waals surface area contributed by atoms with Crippen LogP contribution in [0.15, 0.2) is 48.5 Å². The predicted molar refractivity (Wildman–Crippen MR) is 79.6 cm³/mol. The van der Waals surface area contributed by atoms with Crippen LogP contribution in [0.25, 0.3) is 0 Å². The fourth-order valence-electron chi connectivity index (χ4n) is 1.81. The first-order chi connectivity index (χ1) is 10.8. The first-order valence-electron chi connectivity index (χ1n) is 6.51. The van der Waals surface area contributed by atoms with Crippen molar-refractivity contribution in [1.82, 2.24) is 5.32 Å². The molecule has 2 rings (SSSR count). The number of halogens is 4. The van der Waals surface area contributed by atoms with E-state index >= 15 is 0 Å². The lowest BCUT2D eigenvalue weighted by atomic mass is 10.1. The molecule has 0 saturated heterocycles. The summed E-state index contributed by atoms with van der Waals surface area (Å²) in [6, 6.07) is 9.89. The highest BCUT2D eigenvalue weighted by Crippen LogP contribution is 2.29. The maximum atomic E-state index is 12.4. The van der Waals surface area contributed by atoms with E-state index in [1.807, 2.05) is 0 Å². The van der Waals surface area contributed by atoms with E-state index < -0.39 is 17.6 Å². The van der Waals surface area contributed by atoms with Gasteiger partial charge in [-0.3, -0.25) is 9.59 Å². The Balaban J connectivity index is 1.97. The molecule has 2 aromatic rings. The molecule has 0 aliphatic heterocycles. The first-order valence-corrected chi connectivity index (χ1v) is 6.89. The molecule has 23 heavy (non-hydrogen) atoms. The molecule has 7 heteroatoms. The Bertz CT molecular complexity index is 710. The zero-order valence-corrected chi connectivity index (χ0v) is 12.4. The molecule has 0 aliphatic rings. The number of alkyl halides is 3. The average molecular weight is 342 g/mol. The molecule has 0 bridgehead atoms. The Labute approximate surface area is 135 Å². The van der Waals surface area contributed by atoms with E-state index in [1.54, 1.807) is 12.1 Å². The van der Waals surface area contributed by atoms with Crippen LogP contribution in [0.1, 0.15) is 26.3 Å². The molecule has 2 aromatic carbocycles. The maximum Gasteiger partial charge on any atom is 0.416 e. The van der Waals surface area contributed by atoms with Crippen LogP contribution in [-0.2, 0) is 6.18 Å². The number of hydrogen-bond donors (Lipinski definition) is 1. The number of hydrogen-bond acceptors (Lipinski definition) is 2. The first kappa shape index (κ1) is 17.0. The molecule has 0 radical (unpaired) electrons. The normalized spacial score (nSPS) is 11.1. The number of carbonyl (C=O) groups is 2. The van der Waals surface area contributed by atoms with Crippen LogP contribution in [0, 0.1) is 0 Å². The van der Waals surface area contributed by atoms with Crippen molar-refractivity contribution in [2.45, 2.75) is 6.18 Å². The summed E-state index contributed by atoms with van der Waals surface area (Å²) in [7, 11) is 0. The largest absolute Gasteiger partial charge is 0.416 e. The number of benzene rings is 2. The quantitative estimate of drug-likeness (QED) is 0.855. The lowest BCUT2D eigenvalue weighted by Crippen LogP contribution is -2.29. The second-order valence-corrected chi connectivity index (χ2v) is 5.12. The van der Waals surface area contributed by atoms with Crippen LogP contribution < -0.4 is 5.32 Å². The van der Waals surface area contributed by atoms with Gasteiger partial charge in [-0.05, 0) is 48.5 Å². The summed E-state index contributed by atoms with van der Waals surface area (Å²) in [5.41, 5.74) is -0.421. The van der Waals surface area contributed by atoms with E-state index in [9.17, 15) is 22.8 Å². The summed E-state index contributed by atoms with van der Waals surface area (Å²) < 4.78 is 37.3. The molecule has 3 nitrogen and oxygen atoms in total. The van der Waals surface area contributed by atoms with E-state index in [-0.39, 0.29) is 17.9 Å². The van der Waals surface area contributed by atoms with Gasteiger partial charge in [-0.25, -0.2) is 0 Å². The number of Topliss-reactive ketones (excluding diaryl/α,β-unsaturated/α-hetero) is 1. The minimum absolute atomic E-state index is 0.0434. The summed E-state index contributed by atoms with van der Waals surface area (Å²) in [5, 5.41) is 2.85. The monoisotopic (exact) mass is 341 g/mol. The van der Waals surface area contributed by atoms with Gasteiger partial charge in [0.05, 0.1) is 12.1 Å². The van der Waals surface area contributed by atoms with Gasteiger partial charge < -0.3 is 5.32 Å². The van der Waals surface area contributed by atoms with Gasteiger partial charge in [0, 0.05) is 16.1 Å². The molecule has 0 spiro atoms. The van der Waals surface area contributed by atoms with Crippen LogP contribution in [0.4, 0.5) is 13.2 Å². The second kappa shape index (κ2) is 6.83. The Kier molecular flexibility index (Phi) is 5.05. The summed E-state index contributed by atoms with van der Waals surface area (Å²) in [4.78, 5) is 23.7. The lowest BCUT2D eigenvalue weighted by Gasteiger charge is -2.08. The van der Waals surface area contributed by atoms with Crippen molar-refractivity contribution < 1.29 is 22.8 Å². The lowest BCUT2D eigenvalue weighted by molar-refractivity contribution is -0.137. The third kappa shape index (κ3) is 4.56. The Hall–Kier alpha value is -2.34. The molecule has 0 unspecified atom stereocenters. The number of carbonyl (C=O) groups excluding carboxylic acids is 2. The molecule has 0 heterocycles. The number of nitrogens with one attached hydrogen (secondary N) is 1. The third-order valence-electron chi connectivity index (χ3n) is 3.05. The predicted octanol–water partition coefficient (Wildman–Crippen LogP) is 3.97. The number of amides is 1. The van der Waals surface area contributed by atoms with Crippen molar-refractivity contribution in [3.8, 4) is 0 Å². The molecule has 1 N–H and O–H groups in total. The van der Waals surface area contributed by atoms with Crippen molar-refractivity contribution in [2.24, 2.45) is 0 Å². The SMILES string of the molecule is O=C(CNC(=O)c1ccc(C(F)(F)F)cc1)c1ccc(Cl)cc1. The van der Waals surface area contributed by atoms with E-state index in [1.165, 1.54) is 12.1 Å². The van der Waals surface area contributed by atoms with E-state index in [2.05, 4.69) is 5.32 Å². The fourth-order valence-corrected chi connectivity index (χ4v) is 1.94. The smallest absolute Gasteiger partial charge is 0.345 e. The van der Waals surface area contributed by atoms with Gasteiger partial charge in [0.2, 0.25) is 0 Å². The molecule has 0 atom stereocenters. The molecule has 0 aliphatic carbocycles. The summed E-state index contributed by atoms with van der Waals surface area (Å²) in [6.07, 6.45) is -4.46. The van der Waals surface area contributed by atoms with Gasteiger partial charge >= 0.3 is 6.18 Å². The molecule has 0 fully saturated rings. The van der Waals surface area contributed by atoms with Crippen LogP contribution in [0.2, 0.25) is 5.02 Å². The van der Waals surface area contributed by atoms with Crippen LogP contribution in [0.5, 0.6) is 0 Å². The second-order valence-electron chi connectivity index (χ2n) is 4.69. The molecule has 1 amide bonds. The highest BCUT2D eigenvalue weighted by atomic mass is 35.5. The number of ketones is 1. The van der Waals surface area contributed by atoms with E-state index in [0.717, 1.165) is 24.3 Å². The Morgan fingerprint density at radius 3 is 1.96 bits per heavy atom. The molecule has 0 saturated carbocycles. The minimum atomic E-state index is -4.46. The van der Waals surface area contributed by atoms with Gasteiger partial charge in [0.25, 0.3) is 5.91 Å². The minimum Gasteiger partial charge on any atom is -0.345 e. The van der Waals surface area contributed by atoms with Crippen molar-refractivity contribution in [1.29, 1.82) is 0 Å². The van der Waals surface area contributed by atoms with Crippen molar-refractivity contribution >= 4 is 23.3 Å². The van der Waals surface area contributed by atoms with E-state index in [0.29, 0.717) is 10.6 Å². The van der Waals surface area contributed by atoms with Crippen molar-refractivity contribution in [2.75, 3.05) is 6.54 Å². The number of rotatable bonds is 4. The summed E-state index contributed by atoms with van der Waals surface area (Å²) in [5.74, 6) is -0.956. The van der Waals surface area contributed by atoms with Gasteiger partial charge in [-0.2, -0.15) is 13.2 Å².